The van der Waals surface area contributed by atoms with Crippen molar-refractivity contribution < 1.29 is 23.1 Å². The molecular weight excluding hydrogens is 337 g/mol. The van der Waals surface area contributed by atoms with Crippen LogP contribution in [0.4, 0.5) is 19.0 Å². The van der Waals surface area contributed by atoms with E-state index in [1.54, 1.807) is 23.1 Å². The van der Waals surface area contributed by atoms with Gasteiger partial charge in [-0.3, -0.25) is 4.79 Å². The van der Waals surface area contributed by atoms with E-state index in [4.69, 9.17) is 5.73 Å². The number of aromatic nitrogens is 2. The number of rotatable bonds is 5. The van der Waals surface area contributed by atoms with Gasteiger partial charge < -0.3 is 15.7 Å². The Morgan fingerprint density at radius 2 is 2.00 bits per heavy atom. The summed E-state index contributed by atoms with van der Waals surface area (Å²) in [6.45, 7) is 1.02. The molecule has 25 heavy (non-hydrogen) atoms. The minimum absolute atomic E-state index is 0.114. The number of alkyl halides is 3. The number of hydrogen-bond donors (Lipinski definition) is 2. The van der Waals surface area contributed by atoms with Gasteiger partial charge in [0.2, 0.25) is 5.91 Å². The van der Waals surface area contributed by atoms with Crippen molar-refractivity contribution in [3.8, 4) is 0 Å². The number of anilines is 1. The van der Waals surface area contributed by atoms with E-state index in [9.17, 15) is 23.1 Å². The van der Waals surface area contributed by atoms with Crippen molar-refractivity contribution in [2.45, 2.75) is 32.3 Å². The fourth-order valence-corrected chi connectivity index (χ4v) is 3.09. The highest BCUT2D eigenvalue weighted by Gasteiger charge is 2.41. The molecule has 134 valence electrons. The Morgan fingerprint density at radius 3 is 2.64 bits per heavy atom. The van der Waals surface area contributed by atoms with E-state index in [0.717, 1.165) is 11.1 Å². The second kappa shape index (κ2) is 6.40. The van der Waals surface area contributed by atoms with Gasteiger partial charge in [0.1, 0.15) is 5.82 Å². The van der Waals surface area contributed by atoms with Crippen LogP contribution in [0.25, 0.3) is 0 Å². The lowest BCUT2D eigenvalue weighted by molar-refractivity contribution is -0.142. The molecular formula is C16H17F3N4O2. The van der Waals surface area contributed by atoms with E-state index in [1.165, 1.54) is 4.68 Å². The number of benzene rings is 1. The molecule has 0 spiro atoms. The standard InChI is InChI=1S/C16H17F3N4O2/c17-16(18,19)14-12(7-13(20)25)15-22(4-5-23(15)21-14)8-10-2-1-3-11(6-10)9-24/h1-3,6,24H,4-5,7-9H2,(H2,20,25). The number of carbonyl (C=O) groups excluding carboxylic acids is 1. The van der Waals surface area contributed by atoms with E-state index >= 15 is 0 Å². The number of halogens is 3. The summed E-state index contributed by atoms with van der Waals surface area (Å²) in [5.74, 6) is -0.559. The second-order valence-electron chi connectivity index (χ2n) is 5.91. The summed E-state index contributed by atoms with van der Waals surface area (Å²) in [5.41, 5.74) is 5.46. The first-order chi connectivity index (χ1) is 11.8. The molecule has 3 N–H and O–H groups in total. The Morgan fingerprint density at radius 1 is 1.28 bits per heavy atom. The van der Waals surface area contributed by atoms with Crippen molar-refractivity contribution in [1.82, 2.24) is 9.78 Å². The van der Waals surface area contributed by atoms with Crippen molar-refractivity contribution in [3.63, 3.8) is 0 Å². The van der Waals surface area contributed by atoms with Gasteiger partial charge >= 0.3 is 6.18 Å². The number of nitrogens with zero attached hydrogens (tertiary/aromatic N) is 3. The lowest BCUT2D eigenvalue weighted by atomic mass is 10.1. The molecule has 6 nitrogen and oxygen atoms in total. The Hall–Kier alpha value is -2.55. The first kappa shape index (κ1) is 17.3. The molecule has 0 bridgehead atoms. The molecule has 0 unspecified atom stereocenters. The number of fused-ring (bicyclic) bond motifs is 1. The van der Waals surface area contributed by atoms with Gasteiger partial charge in [-0.1, -0.05) is 24.3 Å². The average molecular weight is 354 g/mol. The lowest BCUT2D eigenvalue weighted by Gasteiger charge is -2.19. The van der Waals surface area contributed by atoms with Crippen LogP contribution in [0, 0.1) is 0 Å². The monoisotopic (exact) mass is 354 g/mol. The molecule has 2 aromatic rings. The van der Waals surface area contributed by atoms with E-state index in [-0.39, 0.29) is 18.0 Å². The normalized spacial score (nSPS) is 14.0. The van der Waals surface area contributed by atoms with Gasteiger partial charge in [0.15, 0.2) is 5.69 Å². The summed E-state index contributed by atoms with van der Waals surface area (Å²) in [7, 11) is 0. The predicted octanol–water partition coefficient (Wildman–Crippen LogP) is 1.44. The number of hydrogen-bond acceptors (Lipinski definition) is 4. The van der Waals surface area contributed by atoms with Gasteiger partial charge in [-0.15, -0.1) is 0 Å². The number of carbonyl (C=O) groups is 1. The highest BCUT2D eigenvalue weighted by atomic mass is 19.4. The molecule has 0 radical (unpaired) electrons. The molecule has 2 heterocycles. The molecule has 9 heteroatoms. The van der Waals surface area contributed by atoms with Crippen LogP contribution < -0.4 is 10.6 Å². The maximum absolute atomic E-state index is 13.2. The molecule has 0 fully saturated rings. The van der Waals surface area contributed by atoms with Crippen LogP contribution in [0.1, 0.15) is 22.4 Å². The van der Waals surface area contributed by atoms with Crippen LogP contribution in [0.15, 0.2) is 24.3 Å². The predicted molar refractivity (Wildman–Crippen MR) is 83.5 cm³/mol. The minimum atomic E-state index is -4.65. The molecule has 1 amide bonds. The summed E-state index contributed by atoms with van der Waals surface area (Å²) < 4.78 is 41.0. The quantitative estimate of drug-likeness (QED) is 0.851. The molecule has 0 saturated carbocycles. The molecule has 1 aromatic heterocycles. The fraction of sp³-hybridized carbons (Fsp3) is 0.375. The minimum Gasteiger partial charge on any atom is -0.392 e. The molecule has 1 aliphatic heterocycles. The van der Waals surface area contributed by atoms with Gasteiger partial charge in [-0.2, -0.15) is 18.3 Å². The number of amides is 1. The molecule has 0 atom stereocenters. The Labute approximate surface area is 141 Å². The number of nitrogens with two attached hydrogens (primary N) is 1. The van der Waals surface area contributed by atoms with Crippen molar-refractivity contribution in [2.24, 2.45) is 5.73 Å². The van der Waals surface area contributed by atoms with Crippen LogP contribution in [-0.4, -0.2) is 27.3 Å². The highest BCUT2D eigenvalue weighted by molar-refractivity contribution is 5.79. The topological polar surface area (TPSA) is 84.4 Å². The van der Waals surface area contributed by atoms with Crippen molar-refractivity contribution >= 4 is 11.7 Å². The van der Waals surface area contributed by atoms with Crippen LogP contribution in [-0.2, 0) is 37.1 Å². The largest absolute Gasteiger partial charge is 0.435 e. The van der Waals surface area contributed by atoms with Crippen LogP contribution in [0.2, 0.25) is 0 Å². The van der Waals surface area contributed by atoms with Gasteiger partial charge in [0.05, 0.1) is 19.6 Å². The van der Waals surface area contributed by atoms with Crippen molar-refractivity contribution in [2.75, 3.05) is 11.4 Å². The van der Waals surface area contributed by atoms with Gasteiger partial charge in [-0.05, 0) is 11.1 Å². The van der Waals surface area contributed by atoms with E-state index in [1.807, 2.05) is 6.07 Å². The smallest absolute Gasteiger partial charge is 0.392 e. The third-order valence-electron chi connectivity index (χ3n) is 4.07. The zero-order chi connectivity index (χ0) is 18.2. The van der Waals surface area contributed by atoms with Crippen LogP contribution in [0.3, 0.4) is 0 Å². The van der Waals surface area contributed by atoms with E-state index < -0.39 is 24.2 Å². The van der Waals surface area contributed by atoms with E-state index in [0.29, 0.717) is 19.6 Å². The number of aliphatic hydroxyl groups excluding tert-OH is 1. The van der Waals surface area contributed by atoms with Crippen molar-refractivity contribution in [1.29, 1.82) is 0 Å². The average Bonchev–Trinajstić information content (AvgIpc) is 3.08. The van der Waals surface area contributed by atoms with Gasteiger partial charge in [-0.25, -0.2) is 4.68 Å². The molecule has 1 aromatic carbocycles. The Balaban J connectivity index is 1.97. The summed E-state index contributed by atoms with van der Waals surface area (Å²) in [5, 5.41) is 12.9. The SMILES string of the molecule is NC(=O)Cc1c(C(F)(F)F)nn2c1N(Cc1cccc(CO)c1)CC2. The second-order valence-corrected chi connectivity index (χ2v) is 5.91. The Bertz CT molecular complexity index is 801. The third-order valence-corrected chi connectivity index (χ3v) is 4.07. The lowest BCUT2D eigenvalue weighted by Crippen LogP contribution is -2.24. The first-order valence-electron chi connectivity index (χ1n) is 7.68. The zero-order valence-corrected chi connectivity index (χ0v) is 13.3. The number of primary amides is 1. The van der Waals surface area contributed by atoms with Gasteiger partial charge in [0, 0.05) is 18.7 Å². The zero-order valence-electron chi connectivity index (χ0n) is 13.3. The van der Waals surface area contributed by atoms with Gasteiger partial charge in [0.25, 0.3) is 0 Å². The van der Waals surface area contributed by atoms with E-state index in [2.05, 4.69) is 5.10 Å². The maximum Gasteiger partial charge on any atom is 0.435 e. The molecule has 1 aliphatic rings. The summed E-state index contributed by atoms with van der Waals surface area (Å²) in [6, 6.07) is 7.16. The molecule has 0 aliphatic carbocycles. The van der Waals surface area contributed by atoms with Crippen LogP contribution >= 0.6 is 0 Å². The number of aliphatic hydroxyl groups is 1. The highest BCUT2D eigenvalue weighted by Crippen LogP contribution is 2.38. The third kappa shape index (κ3) is 3.46. The molecule has 3 rings (SSSR count). The van der Waals surface area contributed by atoms with Crippen LogP contribution in [0.5, 0.6) is 0 Å². The summed E-state index contributed by atoms with van der Waals surface area (Å²) >= 11 is 0. The fourth-order valence-electron chi connectivity index (χ4n) is 3.09. The molecule has 0 saturated heterocycles. The first-order valence-corrected chi connectivity index (χ1v) is 7.68. The van der Waals surface area contributed by atoms with Crippen molar-refractivity contribution in [3.05, 3.63) is 46.6 Å². The summed E-state index contributed by atoms with van der Waals surface area (Å²) in [4.78, 5) is 13.0. The maximum atomic E-state index is 13.2. The Kier molecular flexibility index (Phi) is 4.42. The summed E-state index contributed by atoms with van der Waals surface area (Å²) in [6.07, 6.45) is -5.16.